The highest BCUT2D eigenvalue weighted by Gasteiger charge is 2.36. The van der Waals surface area contributed by atoms with Gasteiger partial charge in [0, 0.05) is 5.56 Å². The van der Waals surface area contributed by atoms with Crippen LogP contribution in [-0.4, -0.2) is 17.6 Å². The van der Waals surface area contributed by atoms with E-state index in [2.05, 4.69) is 9.72 Å². The number of carbonyl (C=O) groups is 1. The van der Waals surface area contributed by atoms with Crippen molar-refractivity contribution in [3.05, 3.63) is 28.6 Å². The van der Waals surface area contributed by atoms with Gasteiger partial charge in [0.1, 0.15) is 5.69 Å². The molecule has 20 heavy (non-hydrogen) atoms. The molecule has 0 spiro atoms. The normalized spacial score (nSPS) is 11.8. The Morgan fingerprint density at radius 1 is 1.40 bits per heavy atom. The third-order valence-corrected chi connectivity index (χ3v) is 2.45. The van der Waals surface area contributed by atoms with Crippen LogP contribution in [0.5, 0.6) is 0 Å². The van der Waals surface area contributed by atoms with Gasteiger partial charge in [0.2, 0.25) is 0 Å². The summed E-state index contributed by atoms with van der Waals surface area (Å²) in [5.74, 6) is -0.904. The van der Waals surface area contributed by atoms with Gasteiger partial charge in [-0.15, -0.1) is 0 Å². The van der Waals surface area contributed by atoms with Crippen molar-refractivity contribution >= 4 is 5.97 Å². The predicted octanol–water partition coefficient (Wildman–Crippen LogP) is 3.45. The molecule has 3 nitrogen and oxygen atoms in total. The Morgan fingerprint density at radius 2 is 2.00 bits per heavy atom. The van der Waals surface area contributed by atoms with E-state index in [1.807, 2.05) is 0 Å². The van der Waals surface area contributed by atoms with Crippen molar-refractivity contribution in [2.24, 2.45) is 0 Å². The molecule has 0 amide bonds. The van der Waals surface area contributed by atoms with E-state index in [0.717, 1.165) is 6.92 Å². The number of ether oxygens (including phenoxy) is 1. The Kier molecular flexibility index (Phi) is 5.02. The summed E-state index contributed by atoms with van der Waals surface area (Å²) >= 11 is 0. The van der Waals surface area contributed by atoms with E-state index in [9.17, 15) is 26.7 Å². The van der Waals surface area contributed by atoms with E-state index in [4.69, 9.17) is 0 Å². The van der Waals surface area contributed by atoms with Gasteiger partial charge >= 0.3 is 12.1 Å². The van der Waals surface area contributed by atoms with Crippen molar-refractivity contribution in [1.29, 1.82) is 0 Å². The van der Waals surface area contributed by atoms with Gasteiger partial charge in [-0.3, -0.25) is 4.79 Å². The molecule has 0 radical (unpaired) electrons. The molecule has 0 unspecified atom stereocenters. The summed E-state index contributed by atoms with van der Waals surface area (Å²) in [4.78, 5) is 14.4. The van der Waals surface area contributed by atoms with Crippen LogP contribution in [0.25, 0.3) is 0 Å². The molecule has 0 aliphatic heterocycles. The Labute approximate surface area is 111 Å². The lowest BCUT2D eigenvalue weighted by Gasteiger charge is -2.14. The molecule has 0 atom stereocenters. The predicted molar refractivity (Wildman–Crippen MR) is 59.3 cm³/mol. The largest absolute Gasteiger partial charge is 0.466 e. The van der Waals surface area contributed by atoms with Crippen LogP contribution in [0.1, 0.15) is 35.9 Å². The molecule has 1 heterocycles. The molecule has 1 aromatic heterocycles. The van der Waals surface area contributed by atoms with Crippen LogP contribution < -0.4 is 0 Å². The summed E-state index contributed by atoms with van der Waals surface area (Å²) in [5, 5.41) is 0. The van der Waals surface area contributed by atoms with Crippen molar-refractivity contribution in [3.63, 3.8) is 0 Å². The van der Waals surface area contributed by atoms with Crippen LogP contribution in [0.15, 0.2) is 6.07 Å². The lowest BCUT2D eigenvalue weighted by molar-refractivity contribution is -0.144. The first-order chi connectivity index (χ1) is 9.16. The third kappa shape index (κ3) is 3.88. The fourth-order valence-electron chi connectivity index (χ4n) is 1.64. The fraction of sp³-hybridized carbons (Fsp3) is 0.500. The van der Waals surface area contributed by atoms with Gasteiger partial charge < -0.3 is 4.74 Å². The number of rotatable bonds is 4. The Balaban J connectivity index is 3.27. The summed E-state index contributed by atoms with van der Waals surface area (Å²) in [6.45, 7) is 2.53. The zero-order valence-electron chi connectivity index (χ0n) is 10.7. The van der Waals surface area contributed by atoms with Crippen LogP contribution in [0, 0.1) is 6.92 Å². The van der Waals surface area contributed by atoms with Gasteiger partial charge in [-0.25, -0.2) is 13.8 Å². The molecule has 0 aliphatic rings. The number of aromatic nitrogens is 1. The molecular formula is C12H12F5NO2. The van der Waals surface area contributed by atoms with Crippen molar-refractivity contribution in [2.45, 2.75) is 32.9 Å². The molecule has 1 aromatic rings. The lowest BCUT2D eigenvalue weighted by atomic mass is 10.1. The molecule has 0 fully saturated rings. The molecule has 0 N–H and O–H groups in total. The molecule has 0 aromatic carbocycles. The number of hydrogen-bond acceptors (Lipinski definition) is 3. The minimum atomic E-state index is -4.77. The summed E-state index contributed by atoms with van der Waals surface area (Å²) in [7, 11) is 0. The second-order valence-electron chi connectivity index (χ2n) is 3.97. The first-order valence-electron chi connectivity index (χ1n) is 5.68. The zero-order valence-corrected chi connectivity index (χ0v) is 10.7. The number of hydrogen-bond donors (Lipinski definition) is 0. The van der Waals surface area contributed by atoms with E-state index < -0.39 is 47.5 Å². The summed E-state index contributed by atoms with van der Waals surface area (Å²) in [6.07, 6.45) is -8.52. The highest BCUT2D eigenvalue weighted by atomic mass is 19.4. The summed E-state index contributed by atoms with van der Waals surface area (Å²) in [5.41, 5.74) is -3.00. The molecule has 1 rings (SSSR count). The SMILES string of the molecule is CCOC(=O)Cc1nc(C(F)(F)F)c(C)cc1C(F)F. The topological polar surface area (TPSA) is 39.2 Å². The molecule has 0 saturated heterocycles. The Bertz CT molecular complexity index is 499. The number of esters is 1. The number of aryl methyl sites for hydroxylation is 1. The average molecular weight is 297 g/mol. The monoisotopic (exact) mass is 297 g/mol. The van der Waals surface area contributed by atoms with Crippen molar-refractivity contribution in [3.8, 4) is 0 Å². The maximum absolute atomic E-state index is 12.8. The van der Waals surface area contributed by atoms with Gasteiger partial charge in [0.05, 0.1) is 18.7 Å². The van der Waals surface area contributed by atoms with Gasteiger partial charge in [-0.2, -0.15) is 13.2 Å². The second-order valence-corrected chi connectivity index (χ2v) is 3.97. The van der Waals surface area contributed by atoms with Gasteiger partial charge in [0.15, 0.2) is 0 Å². The van der Waals surface area contributed by atoms with Crippen LogP contribution in [-0.2, 0) is 22.1 Å². The lowest BCUT2D eigenvalue weighted by Crippen LogP contribution is -2.17. The molecule has 0 aliphatic carbocycles. The molecular weight excluding hydrogens is 285 g/mol. The highest BCUT2D eigenvalue weighted by molar-refractivity contribution is 5.72. The van der Waals surface area contributed by atoms with E-state index in [1.54, 1.807) is 0 Å². The average Bonchev–Trinajstić information content (AvgIpc) is 2.29. The zero-order chi connectivity index (χ0) is 15.5. The Hall–Kier alpha value is -1.73. The van der Waals surface area contributed by atoms with Gasteiger partial charge in [-0.1, -0.05) is 0 Å². The van der Waals surface area contributed by atoms with Crippen LogP contribution in [0.4, 0.5) is 22.0 Å². The van der Waals surface area contributed by atoms with Gasteiger partial charge in [-0.05, 0) is 25.5 Å². The molecule has 0 saturated carbocycles. The molecule has 8 heteroatoms. The standard InChI is InChI=1S/C12H12F5NO2/c1-3-20-9(19)5-8-7(11(13)14)4-6(2)10(18-8)12(15,16)17/h4,11H,3,5H2,1-2H3. The number of pyridine rings is 1. The van der Waals surface area contributed by atoms with Crippen LogP contribution >= 0.6 is 0 Å². The van der Waals surface area contributed by atoms with Crippen molar-refractivity contribution in [1.82, 2.24) is 4.98 Å². The second kappa shape index (κ2) is 6.15. The van der Waals surface area contributed by atoms with E-state index >= 15 is 0 Å². The van der Waals surface area contributed by atoms with Crippen molar-refractivity contribution < 1.29 is 31.5 Å². The number of halogens is 5. The first-order valence-corrected chi connectivity index (χ1v) is 5.68. The number of alkyl halides is 5. The van der Waals surface area contributed by atoms with E-state index in [-0.39, 0.29) is 6.61 Å². The first kappa shape index (κ1) is 16.3. The number of nitrogens with zero attached hydrogens (tertiary/aromatic N) is 1. The maximum atomic E-state index is 12.8. The minimum absolute atomic E-state index is 0.000828. The smallest absolute Gasteiger partial charge is 0.433 e. The minimum Gasteiger partial charge on any atom is -0.466 e. The third-order valence-electron chi connectivity index (χ3n) is 2.45. The summed E-state index contributed by atoms with van der Waals surface area (Å²) < 4.78 is 68.2. The van der Waals surface area contributed by atoms with Gasteiger partial charge in [0.25, 0.3) is 6.43 Å². The van der Waals surface area contributed by atoms with E-state index in [1.165, 1.54) is 6.92 Å². The van der Waals surface area contributed by atoms with Crippen molar-refractivity contribution in [2.75, 3.05) is 6.61 Å². The quantitative estimate of drug-likeness (QED) is 0.631. The maximum Gasteiger partial charge on any atom is 0.433 e. The Morgan fingerprint density at radius 3 is 2.45 bits per heavy atom. The van der Waals surface area contributed by atoms with Crippen LogP contribution in [0.2, 0.25) is 0 Å². The molecule has 0 bridgehead atoms. The van der Waals surface area contributed by atoms with Crippen LogP contribution in [0.3, 0.4) is 0 Å². The highest BCUT2D eigenvalue weighted by Crippen LogP contribution is 2.33. The van der Waals surface area contributed by atoms with E-state index in [0.29, 0.717) is 6.07 Å². The summed E-state index contributed by atoms with van der Waals surface area (Å²) in [6, 6.07) is 0.703. The number of carbonyl (C=O) groups excluding carboxylic acids is 1. The fourth-order valence-corrected chi connectivity index (χ4v) is 1.64. The molecule has 112 valence electrons.